The second-order valence-corrected chi connectivity index (χ2v) is 6.62. The van der Waals surface area contributed by atoms with Gasteiger partial charge in [-0.3, -0.25) is 4.79 Å². The zero-order valence-electron chi connectivity index (χ0n) is 13.4. The molecule has 23 heavy (non-hydrogen) atoms. The van der Waals surface area contributed by atoms with Gasteiger partial charge < -0.3 is 5.11 Å². The van der Waals surface area contributed by atoms with Gasteiger partial charge in [-0.05, 0) is 29.0 Å². The van der Waals surface area contributed by atoms with E-state index < -0.39 is 5.97 Å². The molecule has 0 aromatic heterocycles. The van der Waals surface area contributed by atoms with E-state index >= 15 is 0 Å². The van der Waals surface area contributed by atoms with Crippen molar-refractivity contribution in [3.05, 3.63) is 60.2 Å². The SMILES string of the molecule is O=C(O)C(CC1CCCCC1)c1ccc(-c2ccccc2)cc1. The Morgan fingerprint density at radius 1 is 0.913 bits per heavy atom. The number of aliphatic carboxylic acids is 1. The van der Waals surface area contributed by atoms with Gasteiger partial charge in [-0.15, -0.1) is 0 Å². The van der Waals surface area contributed by atoms with E-state index in [1.54, 1.807) is 0 Å². The quantitative estimate of drug-likeness (QED) is 0.792. The Labute approximate surface area is 138 Å². The van der Waals surface area contributed by atoms with E-state index in [1.807, 2.05) is 42.5 Å². The van der Waals surface area contributed by atoms with Crippen LogP contribution in [-0.4, -0.2) is 11.1 Å². The Balaban J connectivity index is 1.76. The fourth-order valence-corrected chi connectivity index (χ4v) is 3.67. The zero-order chi connectivity index (χ0) is 16.1. The third-order valence-corrected chi connectivity index (χ3v) is 5.01. The van der Waals surface area contributed by atoms with Gasteiger partial charge in [-0.1, -0.05) is 86.7 Å². The van der Waals surface area contributed by atoms with Crippen LogP contribution in [0.2, 0.25) is 0 Å². The third kappa shape index (κ3) is 4.01. The number of carbonyl (C=O) groups is 1. The van der Waals surface area contributed by atoms with Crippen LogP contribution < -0.4 is 0 Å². The lowest BCUT2D eigenvalue weighted by molar-refractivity contribution is -0.139. The van der Waals surface area contributed by atoms with Gasteiger partial charge in [-0.25, -0.2) is 0 Å². The smallest absolute Gasteiger partial charge is 0.310 e. The highest BCUT2D eigenvalue weighted by Crippen LogP contribution is 2.34. The lowest BCUT2D eigenvalue weighted by Crippen LogP contribution is -2.18. The van der Waals surface area contributed by atoms with Gasteiger partial charge in [0.05, 0.1) is 5.92 Å². The molecule has 1 aliphatic rings. The molecule has 1 saturated carbocycles. The number of carboxylic acids is 1. The Morgan fingerprint density at radius 3 is 2.13 bits per heavy atom. The lowest BCUT2D eigenvalue weighted by Gasteiger charge is -2.24. The normalized spacial score (nSPS) is 16.9. The molecule has 0 amide bonds. The van der Waals surface area contributed by atoms with Crippen molar-refractivity contribution in [3.63, 3.8) is 0 Å². The second-order valence-electron chi connectivity index (χ2n) is 6.62. The molecule has 0 aliphatic heterocycles. The number of rotatable bonds is 5. The molecule has 0 spiro atoms. The van der Waals surface area contributed by atoms with Gasteiger partial charge in [0, 0.05) is 0 Å². The Kier molecular flexibility index (Phi) is 5.12. The molecule has 2 nitrogen and oxygen atoms in total. The molecule has 1 fully saturated rings. The first-order valence-corrected chi connectivity index (χ1v) is 8.62. The lowest BCUT2D eigenvalue weighted by atomic mass is 9.80. The minimum absolute atomic E-state index is 0.372. The number of hydrogen-bond donors (Lipinski definition) is 1. The Bertz CT molecular complexity index is 625. The van der Waals surface area contributed by atoms with Gasteiger partial charge in [0.15, 0.2) is 0 Å². The Hall–Kier alpha value is -2.09. The summed E-state index contributed by atoms with van der Waals surface area (Å²) in [6, 6.07) is 18.3. The van der Waals surface area contributed by atoms with E-state index in [1.165, 1.54) is 37.7 Å². The summed E-state index contributed by atoms with van der Waals surface area (Å²) in [6.07, 6.45) is 6.96. The second kappa shape index (κ2) is 7.45. The molecule has 120 valence electrons. The summed E-state index contributed by atoms with van der Waals surface area (Å²) in [7, 11) is 0. The average Bonchev–Trinajstić information content (AvgIpc) is 2.61. The first-order chi connectivity index (χ1) is 11.2. The van der Waals surface area contributed by atoms with Crippen molar-refractivity contribution >= 4 is 5.97 Å². The minimum atomic E-state index is -0.692. The average molecular weight is 308 g/mol. The first-order valence-electron chi connectivity index (χ1n) is 8.62. The topological polar surface area (TPSA) is 37.3 Å². The van der Waals surface area contributed by atoms with Crippen molar-refractivity contribution in [2.24, 2.45) is 5.92 Å². The van der Waals surface area contributed by atoms with Gasteiger partial charge >= 0.3 is 5.97 Å². The molecule has 3 rings (SSSR count). The summed E-state index contributed by atoms with van der Waals surface area (Å²) < 4.78 is 0. The van der Waals surface area contributed by atoms with Crippen LogP contribution in [0.1, 0.15) is 50.0 Å². The third-order valence-electron chi connectivity index (χ3n) is 5.01. The molecule has 0 bridgehead atoms. The standard InChI is InChI=1S/C21H24O2/c22-21(23)20(15-16-7-3-1-4-8-16)19-13-11-18(12-14-19)17-9-5-2-6-10-17/h2,5-6,9-14,16,20H,1,3-4,7-8,15H2,(H,22,23). The van der Waals surface area contributed by atoms with Crippen LogP contribution in [0.15, 0.2) is 54.6 Å². The van der Waals surface area contributed by atoms with E-state index in [2.05, 4.69) is 12.1 Å². The maximum absolute atomic E-state index is 11.7. The van der Waals surface area contributed by atoms with Crippen LogP contribution in [0.25, 0.3) is 11.1 Å². The number of carboxylic acid groups (broad SMARTS) is 1. The van der Waals surface area contributed by atoms with Gasteiger partial charge in [0.2, 0.25) is 0 Å². The Morgan fingerprint density at radius 2 is 1.52 bits per heavy atom. The van der Waals surface area contributed by atoms with Gasteiger partial charge in [0.1, 0.15) is 0 Å². The van der Waals surface area contributed by atoms with E-state index in [-0.39, 0.29) is 5.92 Å². The molecule has 1 unspecified atom stereocenters. The fraction of sp³-hybridized carbons (Fsp3) is 0.381. The minimum Gasteiger partial charge on any atom is -0.481 e. The fourth-order valence-electron chi connectivity index (χ4n) is 3.67. The molecule has 2 aromatic rings. The number of hydrogen-bond acceptors (Lipinski definition) is 1. The maximum atomic E-state index is 11.7. The monoisotopic (exact) mass is 308 g/mol. The van der Waals surface area contributed by atoms with Crippen LogP contribution in [0, 0.1) is 5.92 Å². The highest BCUT2D eigenvalue weighted by atomic mass is 16.4. The zero-order valence-corrected chi connectivity index (χ0v) is 13.4. The van der Waals surface area contributed by atoms with E-state index in [0.717, 1.165) is 17.5 Å². The molecule has 0 heterocycles. The van der Waals surface area contributed by atoms with E-state index in [4.69, 9.17) is 0 Å². The predicted molar refractivity (Wildman–Crippen MR) is 93.4 cm³/mol. The molecular formula is C21H24O2. The largest absolute Gasteiger partial charge is 0.481 e. The summed E-state index contributed by atoms with van der Waals surface area (Å²) in [5, 5.41) is 9.64. The van der Waals surface area contributed by atoms with E-state index in [0.29, 0.717) is 5.92 Å². The first kappa shape index (κ1) is 15.8. The van der Waals surface area contributed by atoms with Crippen molar-refractivity contribution in [2.45, 2.75) is 44.4 Å². The summed E-state index contributed by atoms with van der Waals surface area (Å²) in [5.74, 6) is -0.496. The molecular weight excluding hydrogens is 284 g/mol. The highest BCUT2D eigenvalue weighted by Gasteiger charge is 2.25. The van der Waals surface area contributed by atoms with Crippen LogP contribution in [0.5, 0.6) is 0 Å². The summed E-state index contributed by atoms with van der Waals surface area (Å²) in [5.41, 5.74) is 3.23. The van der Waals surface area contributed by atoms with Crippen molar-refractivity contribution in [3.8, 4) is 11.1 Å². The van der Waals surface area contributed by atoms with E-state index in [9.17, 15) is 9.90 Å². The molecule has 2 aromatic carbocycles. The van der Waals surface area contributed by atoms with Crippen molar-refractivity contribution in [1.29, 1.82) is 0 Å². The maximum Gasteiger partial charge on any atom is 0.310 e. The molecule has 0 radical (unpaired) electrons. The summed E-state index contributed by atoms with van der Waals surface area (Å²) in [6.45, 7) is 0. The van der Waals surface area contributed by atoms with Crippen molar-refractivity contribution < 1.29 is 9.90 Å². The van der Waals surface area contributed by atoms with Crippen molar-refractivity contribution in [1.82, 2.24) is 0 Å². The predicted octanol–water partition coefficient (Wildman–Crippen LogP) is 5.49. The number of benzene rings is 2. The molecule has 2 heteroatoms. The summed E-state index contributed by atoms with van der Waals surface area (Å²) in [4.78, 5) is 11.7. The van der Waals surface area contributed by atoms with Crippen LogP contribution >= 0.6 is 0 Å². The summed E-state index contributed by atoms with van der Waals surface area (Å²) >= 11 is 0. The van der Waals surface area contributed by atoms with Crippen LogP contribution in [0.4, 0.5) is 0 Å². The van der Waals surface area contributed by atoms with Gasteiger partial charge in [0.25, 0.3) is 0 Å². The van der Waals surface area contributed by atoms with Crippen molar-refractivity contribution in [2.75, 3.05) is 0 Å². The molecule has 1 atom stereocenters. The molecule has 1 N–H and O–H groups in total. The molecule has 1 aliphatic carbocycles. The molecule has 0 saturated heterocycles. The van der Waals surface area contributed by atoms with Crippen LogP contribution in [-0.2, 0) is 4.79 Å². The highest BCUT2D eigenvalue weighted by molar-refractivity contribution is 5.76. The van der Waals surface area contributed by atoms with Gasteiger partial charge in [-0.2, -0.15) is 0 Å². The van der Waals surface area contributed by atoms with Crippen LogP contribution in [0.3, 0.4) is 0 Å².